The first-order valence-electron chi connectivity index (χ1n) is 11.0. The van der Waals surface area contributed by atoms with E-state index in [1.54, 1.807) is 30.5 Å². The van der Waals surface area contributed by atoms with Crippen molar-refractivity contribution in [2.45, 2.75) is 20.1 Å². The molecule has 5 nitrogen and oxygen atoms in total. The fourth-order valence-corrected chi connectivity index (χ4v) is 3.21. The highest BCUT2D eigenvalue weighted by atomic mass is 16.5. The van der Waals surface area contributed by atoms with Gasteiger partial charge in [0, 0.05) is 5.56 Å². The van der Waals surface area contributed by atoms with Crippen molar-refractivity contribution in [1.29, 1.82) is 0 Å². The van der Waals surface area contributed by atoms with Crippen LogP contribution in [0.5, 0.6) is 11.5 Å². The molecule has 0 atom stereocenters. The van der Waals surface area contributed by atoms with Gasteiger partial charge in [-0.2, -0.15) is 5.10 Å². The Hall–Kier alpha value is -4.38. The summed E-state index contributed by atoms with van der Waals surface area (Å²) >= 11 is 0. The van der Waals surface area contributed by atoms with Crippen molar-refractivity contribution in [2.75, 3.05) is 0 Å². The highest BCUT2D eigenvalue weighted by molar-refractivity contribution is 5.95. The van der Waals surface area contributed by atoms with Crippen LogP contribution in [-0.2, 0) is 13.2 Å². The van der Waals surface area contributed by atoms with Crippen LogP contribution in [0.25, 0.3) is 0 Å². The number of carbonyl (C=O) groups is 1. The van der Waals surface area contributed by atoms with Gasteiger partial charge in [-0.05, 0) is 60.0 Å². The van der Waals surface area contributed by atoms with Gasteiger partial charge in [-0.15, -0.1) is 0 Å². The third-order valence-electron chi connectivity index (χ3n) is 5.13. The van der Waals surface area contributed by atoms with E-state index < -0.39 is 0 Å². The molecule has 5 heteroatoms. The van der Waals surface area contributed by atoms with E-state index in [1.807, 2.05) is 66.7 Å². The van der Waals surface area contributed by atoms with E-state index in [4.69, 9.17) is 9.47 Å². The van der Waals surface area contributed by atoms with Gasteiger partial charge in [-0.1, -0.05) is 72.3 Å². The van der Waals surface area contributed by atoms with E-state index in [0.717, 1.165) is 22.4 Å². The van der Waals surface area contributed by atoms with Gasteiger partial charge in [0.25, 0.3) is 5.91 Å². The van der Waals surface area contributed by atoms with Crippen LogP contribution < -0.4 is 14.9 Å². The summed E-state index contributed by atoms with van der Waals surface area (Å²) in [5, 5.41) is 4.07. The molecule has 34 heavy (non-hydrogen) atoms. The average molecular weight is 451 g/mol. The minimum Gasteiger partial charge on any atom is -0.489 e. The van der Waals surface area contributed by atoms with Crippen molar-refractivity contribution in [3.05, 3.63) is 131 Å². The smallest absolute Gasteiger partial charge is 0.271 e. The van der Waals surface area contributed by atoms with Gasteiger partial charge in [0.2, 0.25) is 0 Å². The number of hydrogen-bond donors (Lipinski definition) is 1. The number of aryl methyl sites for hydroxylation is 1. The van der Waals surface area contributed by atoms with Crippen molar-refractivity contribution in [2.24, 2.45) is 5.10 Å². The first-order valence-corrected chi connectivity index (χ1v) is 11.0. The lowest BCUT2D eigenvalue weighted by molar-refractivity contribution is 0.0955. The number of rotatable bonds is 9. The number of ether oxygens (including phenoxy) is 2. The Bertz CT molecular complexity index is 1230. The number of carbonyl (C=O) groups excluding carboxylic acids is 1. The van der Waals surface area contributed by atoms with Crippen LogP contribution in [0.2, 0.25) is 0 Å². The summed E-state index contributed by atoms with van der Waals surface area (Å²) in [7, 11) is 0. The monoisotopic (exact) mass is 450 g/mol. The second kappa shape index (κ2) is 11.5. The Labute approximate surface area is 199 Å². The fraction of sp³-hybridized carbons (Fsp3) is 0.103. The zero-order valence-electron chi connectivity index (χ0n) is 19.0. The summed E-state index contributed by atoms with van der Waals surface area (Å²) in [4.78, 5) is 12.4. The molecule has 0 aliphatic heterocycles. The second-order valence-corrected chi connectivity index (χ2v) is 7.84. The van der Waals surface area contributed by atoms with Crippen molar-refractivity contribution in [1.82, 2.24) is 5.43 Å². The van der Waals surface area contributed by atoms with Gasteiger partial charge in [0.1, 0.15) is 24.7 Å². The number of hydrazone groups is 1. The lowest BCUT2D eigenvalue weighted by Gasteiger charge is -2.07. The summed E-state index contributed by atoms with van der Waals surface area (Å²) in [5.74, 6) is 1.14. The van der Waals surface area contributed by atoms with Gasteiger partial charge in [-0.3, -0.25) is 4.79 Å². The molecule has 4 aromatic carbocycles. The molecule has 0 unspecified atom stereocenters. The number of hydrogen-bond acceptors (Lipinski definition) is 4. The third kappa shape index (κ3) is 6.81. The first-order chi connectivity index (χ1) is 16.7. The minimum absolute atomic E-state index is 0.294. The molecular formula is C29H26N2O3. The Kier molecular flexibility index (Phi) is 7.70. The molecule has 4 rings (SSSR count). The molecular weight excluding hydrogens is 424 g/mol. The molecule has 0 fully saturated rings. The molecule has 0 saturated carbocycles. The zero-order valence-corrected chi connectivity index (χ0v) is 19.0. The molecule has 0 radical (unpaired) electrons. The number of nitrogens with one attached hydrogen (secondary N) is 1. The zero-order chi connectivity index (χ0) is 23.6. The molecule has 0 aromatic heterocycles. The topological polar surface area (TPSA) is 59.9 Å². The first kappa shape index (κ1) is 22.8. The van der Waals surface area contributed by atoms with Crippen LogP contribution in [0.3, 0.4) is 0 Å². The summed E-state index contributed by atoms with van der Waals surface area (Å²) in [6.45, 7) is 3.02. The Balaban J connectivity index is 1.26. The standard InChI is InChI=1S/C29H26N2O3/c1-22-10-12-24(13-11-22)21-33-27-16-14-26(15-17-27)29(32)31-30-19-25-8-5-9-28(18-25)34-20-23-6-3-2-4-7-23/h2-19H,20-21H2,1H3,(H,31,32)/b30-19+. The van der Waals surface area contributed by atoms with Crippen molar-refractivity contribution >= 4 is 12.1 Å². The van der Waals surface area contributed by atoms with Gasteiger partial charge in [-0.25, -0.2) is 5.43 Å². The van der Waals surface area contributed by atoms with Crippen LogP contribution in [0.1, 0.15) is 32.6 Å². The normalized spacial score (nSPS) is 10.7. The molecule has 0 heterocycles. The van der Waals surface area contributed by atoms with Gasteiger partial charge < -0.3 is 9.47 Å². The van der Waals surface area contributed by atoms with Crippen LogP contribution in [-0.4, -0.2) is 12.1 Å². The summed E-state index contributed by atoms with van der Waals surface area (Å²) in [6.07, 6.45) is 1.59. The maximum Gasteiger partial charge on any atom is 0.271 e. The third-order valence-corrected chi connectivity index (χ3v) is 5.13. The molecule has 0 aliphatic rings. The Morgan fingerprint density at radius 2 is 1.44 bits per heavy atom. The van der Waals surface area contributed by atoms with Crippen molar-refractivity contribution < 1.29 is 14.3 Å². The van der Waals surface area contributed by atoms with E-state index in [9.17, 15) is 4.79 Å². The molecule has 1 N–H and O–H groups in total. The number of amides is 1. The van der Waals surface area contributed by atoms with Crippen molar-refractivity contribution in [3.8, 4) is 11.5 Å². The van der Waals surface area contributed by atoms with E-state index >= 15 is 0 Å². The molecule has 4 aromatic rings. The van der Waals surface area contributed by atoms with Crippen LogP contribution >= 0.6 is 0 Å². The van der Waals surface area contributed by atoms with Gasteiger partial charge >= 0.3 is 0 Å². The average Bonchev–Trinajstić information content (AvgIpc) is 2.88. The summed E-state index contributed by atoms with van der Waals surface area (Å²) in [5.41, 5.74) is 7.29. The quantitative estimate of drug-likeness (QED) is 0.254. The molecule has 0 aliphatic carbocycles. The minimum atomic E-state index is -0.294. The van der Waals surface area contributed by atoms with E-state index in [-0.39, 0.29) is 5.91 Å². The fourth-order valence-electron chi connectivity index (χ4n) is 3.21. The van der Waals surface area contributed by atoms with E-state index in [1.165, 1.54) is 5.56 Å². The van der Waals surface area contributed by atoms with E-state index in [2.05, 4.69) is 29.6 Å². The number of nitrogens with zero attached hydrogens (tertiary/aromatic N) is 1. The molecule has 170 valence electrons. The molecule has 0 bridgehead atoms. The van der Waals surface area contributed by atoms with Crippen LogP contribution in [0.15, 0.2) is 108 Å². The van der Waals surface area contributed by atoms with Crippen molar-refractivity contribution in [3.63, 3.8) is 0 Å². The summed E-state index contributed by atoms with van der Waals surface area (Å²) < 4.78 is 11.6. The molecule has 0 spiro atoms. The van der Waals surface area contributed by atoms with Gasteiger partial charge in [0.05, 0.1) is 6.21 Å². The largest absolute Gasteiger partial charge is 0.489 e. The van der Waals surface area contributed by atoms with Crippen LogP contribution in [0, 0.1) is 6.92 Å². The lowest BCUT2D eigenvalue weighted by Crippen LogP contribution is -2.17. The SMILES string of the molecule is Cc1ccc(COc2ccc(C(=O)N/N=C/c3cccc(OCc4ccccc4)c3)cc2)cc1. The summed E-state index contributed by atoms with van der Waals surface area (Å²) in [6, 6.07) is 32.7. The van der Waals surface area contributed by atoms with Gasteiger partial charge in [0.15, 0.2) is 0 Å². The Morgan fingerprint density at radius 3 is 2.18 bits per heavy atom. The Morgan fingerprint density at radius 1 is 0.765 bits per heavy atom. The predicted octanol–water partition coefficient (Wildman–Crippen LogP) is 5.92. The highest BCUT2D eigenvalue weighted by Crippen LogP contribution is 2.16. The number of benzene rings is 4. The highest BCUT2D eigenvalue weighted by Gasteiger charge is 2.05. The maximum atomic E-state index is 12.4. The molecule has 1 amide bonds. The van der Waals surface area contributed by atoms with E-state index in [0.29, 0.717) is 24.5 Å². The molecule has 0 saturated heterocycles. The van der Waals surface area contributed by atoms with Crippen LogP contribution in [0.4, 0.5) is 0 Å². The predicted molar refractivity (Wildman–Crippen MR) is 134 cm³/mol. The maximum absolute atomic E-state index is 12.4. The second-order valence-electron chi connectivity index (χ2n) is 7.84. The lowest BCUT2D eigenvalue weighted by atomic mass is 10.2.